The van der Waals surface area contributed by atoms with Gasteiger partial charge in [-0.2, -0.15) is 16.8 Å². The normalized spacial score (nSPS) is 11.7. The van der Waals surface area contributed by atoms with Crippen molar-refractivity contribution in [3.8, 4) is 11.5 Å². The quantitative estimate of drug-likeness (QED) is 0.199. The standard InChI is InChI=1S/C18H24N2O8S2/c21-29(22,23)11-3-9-27-17-7-1-5-15(13-17)19-20-16-6-2-8-18(14-16)28-10-4-12-30(24,25)26/h1-2,5-8,13-14,19-20H,3-4,9-12H2,(H,21,22,23)(H,24,25,26). The van der Waals surface area contributed by atoms with Crippen LogP contribution in [-0.2, 0) is 20.2 Å². The molecule has 2 aromatic carbocycles. The highest BCUT2D eigenvalue weighted by Crippen LogP contribution is 2.20. The number of rotatable bonds is 13. The zero-order chi connectivity index (χ0) is 22.0. The zero-order valence-electron chi connectivity index (χ0n) is 16.0. The molecule has 2 aromatic rings. The molecule has 0 amide bonds. The number of benzene rings is 2. The molecule has 2 rings (SSSR count). The van der Waals surface area contributed by atoms with Crippen LogP contribution in [0.1, 0.15) is 12.8 Å². The van der Waals surface area contributed by atoms with Crippen LogP contribution in [0, 0.1) is 0 Å². The second-order valence-electron chi connectivity index (χ2n) is 6.28. The van der Waals surface area contributed by atoms with Crippen LogP contribution >= 0.6 is 0 Å². The highest BCUT2D eigenvalue weighted by molar-refractivity contribution is 7.86. The molecule has 0 aliphatic carbocycles. The monoisotopic (exact) mass is 460 g/mol. The molecular formula is C18H24N2O8S2. The Kier molecular flexibility index (Phi) is 8.72. The van der Waals surface area contributed by atoms with Gasteiger partial charge in [-0.25, -0.2) is 0 Å². The summed E-state index contributed by atoms with van der Waals surface area (Å²) in [5, 5.41) is 0. The fourth-order valence-electron chi connectivity index (χ4n) is 2.33. The third kappa shape index (κ3) is 10.3. The van der Waals surface area contributed by atoms with E-state index in [1.165, 1.54) is 0 Å². The van der Waals surface area contributed by atoms with E-state index in [0.717, 1.165) is 0 Å². The van der Waals surface area contributed by atoms with Gasteiger partial charge in [0.2, 0.25) is 0 Å². The molecule has 4 N–H and O–H groups in total. The van der Waals surface area contributed by atoms with Crippen molar-refractivity contribution in [2.45, 2.75) is 12.8 Å². The fraction of sp³-hybridized carbons (Fsp3) is 0.333. The number of hydrogen-bond acceptors (Lipinski definition) is 8. The van der Waals surface area contributed by atoms with Crippen molar-refractivity contribution in [3.05, 3.63) is 48.5 Å². The Bertz CT molecular complexity index is 942. The minimum absolute atomic E-state index is 0.146. The zero-order valence-corrected chi connectivity index (χ0v) is 17.7. The molecule has 10 nitrogen and oxygen atoms in total. The van der Waals surface area contributed by atoms with Crippen LogP contribution in [0.5, 0.6) is 11.5 Å². The Morgan fingerprint density at radius 3 is 1.47 bits per heavy atom. The highest BCUT2D eigenvalue weighted by Gasteiger charge is 2.05. The van der Waals surface area contributed by atoms with Crippen molar-refractivity contribution in [1.82, 2.24) is 0 Å². The van der Waals surface area contributed by atoms with Crippen molar-refractivity contribution in [1.29, 1.82) is 0 Å². The minimum Gasteiger partial charge on any atom is -0.493 e. The fourth-order valence-corrected chi connectivity index (χ4v) is 3.30. The molecule has 0 fully saturated rings. The molecule has 0 atom stereocenters. The summed E-state index contributed by atoms with van der Waals surface area (Å²) in [7, 11) is -7.99. The van der Waals surface area contributed by atoms with Gasteiger partial charge in [-0.05, 0) is 37.1 Å². The second kappa shape index (κ2) is 11.0. The summed E-state index contributed by atoms with van der Waals surface area (Å²) in [6.07, 6.45) is 0.345. The van der Waals surface area contributed by atoms with Gasteiger partial charge in [0.1, 0.15) is 11.5 Å². The van der Waals surface area contributed by atoms with Gasteiger partial charge in [-0.3, -0.25) is 9.11 Å². The van der Waals surface area contributed by atoms with Crippen LogP contribution < -0.4 is 20.3 Å². The van der Waals surface area contributed by atoms with E-state index in [9.17, 15) is 16.8 Å². The third-order valence-corrected chi connectivity index (χ3v) is 5.26. The van der Waals surface area contributed by atoms with Gasteiger partial charge >= 0.3 is 0 Å². The highest BCUT2D eigenvalue weighted by atomic mass is 32.2. The first kappa shape index (κ1) is 23.7. The number of hydrogen-bond donors (Lipinski definition) is 4. The van der Waals surface area contributed by atoms with Gasteiger partial charge in [0, 0.05) is 12.1 Å². The summed E-state index contributed by atoms with van der Waals surface area (Å²) < 4.78 is 71.1. The Morgan fingerprint density at radius 2 is 1.10 bits per heavy atom. The summed E-state index contributed by atoms with van der Waals surface area (Å²) in [6.45, 7) is 0.293. The molecule has 12 heteroatoms. The molecule has 0 aliphatic heterocycles. The first-order valence-corrected chi connectivity index (χ1v) is 12.2. The summed E-state index contributed by atoms with van der Waals surface area (Å²) in [4.78, 5) is 0. The minimum atomic E-state index is -3.99. The molecule has 30 heavy (non-hydrogen) atoms. The van der Waals surface area contributed by atoms with E-state index in [-0.39, 0.29) is 37.6 Å². The molecule has 0 saturated heterocycles. The third-order valence-electron chi connectivity index (χ3n) is 3.65. The first-order valence-electron chi connectivity index (χ1n) is 8.99. The lowest BCUT2D eigenvalue weighted by Gasteiger charge is -2.13. The predicted molar refractivity (Wildman–Crippen MR) is 113 cm³/mol. The maximum Gasteiger partial charge on any atom is 0.264 e. The van der Waals surface area contributed by atoms with E-state index in [4.69, 9.17) is 18.6 Å². The SMILES string of the molecule is O=S(=O)(O)CCCOc1cccc(NNc2cccc(OCCCS(=O)(=O)O)c2)c1. The van der Waals surface area contributed by atoms with Gasteiger partial charge in [-0.15, -0.1) is 0 Å². The van der Waals surface area contributed by atoms with Crippen molar-refractivity contribution < 1.29 is 35.4 Å². The summed E-state index contributed by atoms with van der Waals surface area (Å²) in [5.41, 5.74) is 7.39. The predicted octanol–water partition coefficient (Wildman–Crippen LogP) is 2.44. The van der Waals surface area contributed by atoms with E-state index in [1.807, 2.05) is 0 Å². The van der Waals surface area contributed by atoms with Crippen molar-refractivity contribution in [2.75, 3.05) is 35.6 Å². The van der Waals surface area contributed by atoms with Crippen molar-refractivity contribution >= 4 is 31.6 Å². The molecule has 0 bridgehead atoms. The number of hydrazine groups is 1. The average Bonchev–Trinajstić information content (AvgIpc) is 2.66. The van der Waals surface area contributed by atoms with Gasteiger partial charge < -0.3 is 20.3 Å². The maximum atomic E-state index is 10.7. The number of nitrogens with one attached hydrogen (secondary N) is 2. The molecule has 0 spiro atoms. The molecule has 0 saturated carbocycles. The van der Waals surface area contributed by atoms with Gasteiger partial charge in [0.05, 0.1) is 36.1 Å². The molecule has 0 aromatic heterocycles. The summed E-state index contributed by atoms with van der Waals surface area (Å²) in [5.74, 6) is 0.350. The second-order valence-corrected chi connectivity index (χ2v) is 9.43. The van der Waals surface area contributed by atoms with Crippen LogP contribution in [0.2, 0.25) is 0 Å². The van der Waals surface area contributed by atoms with Crippen molar-refractivity contribution in [2.24, 2.45) is 0 Å². The van der Waals surface area contributed by atoms with E-state index in [0.29, 0.717) is 22.9 Å². The first-order chi connectivity index (χ1) is 14.1. The van der Waals surface area contributed by atoms with Crippen LogP contribution in [0.3, 0.4) is 0 Å². The van der Waals surface area contributed by atoms with E-state index < -0.39 is 20.2 Å². The largest absolute Gasteiger partial charge is 0.493 e. The lowest BCUT2D eigenvalue weighted by Crippen LogP contribution is -2.10. The Morgan fingerprint density at radius 1 is 0.700 bits per heavy atom. The van der Waals surface area contributed by atoms with Gasteiger partial charge in [-0.1, -0.05) is 12.1 Å². The van der Waals surface area contributed by atoms with E-state index in [2.05, 4.69) is 10.9 Å². The van der Waals surface area contributed by atoms with Gasteiger partial charge in [0.15, 0.2) is 0 Å². The van der Waals surface area contributed by atoms with Crippen LogP contribution in [0.25, 0.3) is 0 Å². The summed E-state index contributed by atoms with van der Waals surface area (Å²) in [6, 6.07) is 14.0. The number of ether oxygens (including phenoxy) is 2. The van der Waals surface area contributed by atoms with Crippen LogP contribution in [0.15, 0.2) is 48.5 Å². The lowest BCUT2D eigenvalue weighted by molar-refractivity contribution is 0.316. The van der Waals surface area contributed by atoms with Crippen LogP contribution in [-0.4, -0.2) is 50.7 Å². The lowest BCUT2D eigenvalue weighted by atomic mass is 10.3. The topological polar surface area (TPSA) is 151 Å². The number of anilines is 2. The Hall–Kier alpha value is -2.54. The maximum absolute atomic E-state index is 10.7. The smallest absolute Gasteiger partial charge is 0.264 e. The van der Waals surface area contributed by atoms with Crippen LogP contribution in [0.4, 0.5) is 11.4 Å². The molecule has 0 unspecified atom stereocenters. The van der Waals surface area contributed by atoms with E-state index in [1.54, 1.807) is 48.5 Å². The summed E-state index contributed by atoms with van der Waals surface area (Å²) >= 11 is 0. The van der Waals surface area contributed by atoms with Crippen molar-refractivity contribution in [3.63, 3.8) is 0 Å². The Balaban J connectivity index is 1.81. The molecule has 0 radical (unpaired) electrons. The van der Waals surface area contributed by atoms with Gasteiger partial charge in [0.25, 0.3) is 20.2 Å². The van der Waals surface area contributed by atoms with E-state index >= 15 is 0 Å². The molecule has 0 heterocycles. The average molecular weight is 461 g/mol. The molecule has 166 valence electrons. The molecular weight excluding hydrogens is 436 g/mol. The Labute approximate surface area is 175 Å². The molecule has 0 aliphatic rings.